The topological polar surface area (TPSA) is 220 Å². The highest BCUT2D eigenvalue weighted by Gasteiger charge is 2.50. The summed E-state index contributed by atoms with van der Waals surface area (Å²) in [5.41, 5.74) is -0.350. The normalized spacial score (nSPS) is 32.1. The van der Waals surface area contributed by atoms with Crippen LogP contribution in [0.15, 0.2) is 41.2 Å². The van der Waals surface area contributed by atoms with Gasteiger partial charge in [-0.1, -0.05) is 45.9 Å². The summed E-state index contributed by atoms with van der Waals surface area (Å²) in [6.45, 7) is 15.1. The van der Waals surface area contributed by atoms with Gasteiger partial charge in [-0.2, -0.15) is 5.10 Å². The Balaban J connectivity index is 1.70. The van der Waals surface area contributed by atoms with Gasteiger partial charge >= 0.3 is 11.8 Å². The highest BCUT2D eigenvalue weighted by Crippen LogP contribution is 2.55. The minimum atomic E-state index is -2.04. The van der Waals surface area contributed by atoms with Crippen molar-refractivity contribution in [2.75, 3.05) is 45.7 Å². The molecule has 6 rings (SSSR count). The maximum absolute atomic E-state index is 14.4. The third kappa shape index (κ3) is 8.91. The maximum atomic E-state index is 14.4. The molecule has 16 heteroatoms. The Labute approximate surface area is 344 Å². The molecular weight excluding hydrogens is 764 g/mol. The molecule has 0 saturated carbocycles. The number of methoxy groups -OCH3 is 1. The molecular formula is C43H58N4O12. The molecule has 0 unspecified atom stereocenters. The van der Waals surface area contributed by atoms with Crippen molar-refractivity contribution < 1.29 is 58.9 Å². The summed E-state index contributed by atoms with van der Waals surface area (Å²) in [4.78, 5) is 42.6. The third-order valence-corrected chi connectivity index (χ3v) is 11.9. The maximum Gasteiger partial charge on any atom is 0.312 e. The van der Waals surface area contributed by atoms with E-state index in [-0.39, 0.29) is 44.5 Å². The quantitative estimate of drug-likeness (QED) is 0.109. The summed E-state index contributed by atoms with van der Waals surface area (Å²) in [6, 6.07) is 0. The first-order valence-electron chi connectivity index (χ1n) is 19.8. The molecule has 1 fully saturated rings. The summed E-state index contributed by atoms with van der Waals surface area (Å²) in [5.74, 6) is -8.34. The molecule has 2 aromatic rings. The molecule has 1 saturated heterocycles. The number of hydrazone groups is 1. The SMILES string of the molecule is CO[C@H]1/C=C/O[C@@]2(C)Oc3c(C)c(O)c4c(O)c(c(/C=N\N5CCN(C)CC5)c(O)c4c3C2=O)NC(=O)/C(C)=C\C=C\[C@H](C)[C@@H](O)[C@@H](C)[C@@H](O)[C@@H](C)[C@H](OC(C)=O)[C@H]1C. The average molecular weight is 823 g/mol. The van der Waals surface area contributed by atoms with Crippen LogP contribution in [0, 0.1) is 30.6 Å². The van der Waals surface area contributed by atoms with E-state index in [4.69, 9.17) is 18.9 Å². The molecule has 4 heterocycles. The molecule has 322 valence electrons. The van der Waals surface area contributed by atoms with Crippen molar-refractivity contribution in [2.24, 2.45) is 28.8 Å². The second kappa shape index (κ2) is 18.0. The number of nitrogens with one attached hydrogen (secondary N) is 1. The van der Waals surface area contributed by atoms with Gasteiger partial charge < -0.3 is 54.7 Å². The lowest BCUT2D eigenvalue weighted by atomic mass is 9.78. The zero-order valence-corrected chi connectivity index (χ0v) is 35.3. The largest absolute Gasteiger partial charge is 0.507 e. The number of benzene rings is 2. The number of aliphatic hydroxyl groups is 2. The highest BCUT2D eigenvalue weighted by molar-refractivity contribution is 6.23. The molecule has 2 aromatic carbocycles. The minimum Gasteiger partial charge on any atom is -0.507 e. The predicted octanol–water partition coefficient (Wildman–Crippen LogP) is 4.34. The number of ketones is 1. The van der Waals surface area contributed by atoms with Crippen LogP contribution in [0.2, 0.25) is 0 Å². The smallest absolute Gasteiger partial charge is 0.312 e. The summed E-state index contributed by atoms with van der Waals surface area (Å²) < 4.78 is 23.6. The van der Waals surface area contributed by atoms with Crippen molar-refractivity contribution in [3.05, 3.63) is 52.8 Å². The van der Waals surface area contributed by atoms with E-state index in [0.717, 1.165) is 13.1 Å². The van der Waals surface area contributed by atoms with Crippen molar-refractivity contribution in [3.8, 4) is 23.0 Å². The van der Waals surface area contributed by atoms with Gasteiger partial charge in [0.1, 0.15) is 23.4 Å². The van der Waals surface area contributed by atoms with E-state index in [1.54, 1.807) is 44.9 Å². The summed E-state index contributed by atoms with van der Waals surface area (Å²) in [6.07, 6.45) is 4.86. The van der Waals surface area contributed by atoms with Crippen LogP contribution < -0.4 is 10.1 Å². The summed E-state index contributed by atoms with van der Waals surface area (Å²) >= 11 is 0. The van der Waals surface area contributed by atoms with Crippen molar-refractivity contribution in [1.29, 1.82) is 0 Å². The first-order chi connectivity index (χ1) is 27.7. The number of anilines is 1. The number of fused-ring (bicyclic) bond motifs is 14. The third-order valence-electron chi connectivity index (χ3n) is 11.9. The van der Waals surface area contributed by atoms with E-state index in [0.29, 0.717) is 13.1 Å². The van der Waals surface area contributed by atoms with Crippen LogP contribution in [0.25, 0.3) is 10.8 Å². The molecule has 4 aliphatic rings. The fourth-order valence-electron chi connectivity index (χ4n) is 7.92. The number of allylic oxidation sites excluding steroid dienone is 2. The van der Waals surface area contributed by atoms with E-state index >= 15 is 0 Å². The number of phenols is 3. The predicted molar refractivity (Wildman–Crippen MR) is 220 cm³/mol. The van der Waals surface area contributed by atoms with Crippen LogP contribution >= 0.6 is 0 Å². The molecule has 0 aromatic heterocycles. The minimum absolute atomic E-state index is 0.0559. The van der Waals surface area contributed by atoms with Gasteiger partial charge in [0, 0.05) is 87.3 Å². The Morgan fingerprint density at radius 1 is 0.949 bits per heavy atom. The Morgan fingerprint density at radius 2 is 1.61 bits per heavy atom. The lowest BCUT2D eigenvalue weighted by Gasteiger charge is -2.38. The number of esters is 1. The molecule has 5 bridgehead atoms. The van der Waals surface area contributed by atoms with E-state index < -0.39 is 88.8 Å². The van der Waals surface area contributed by atoms with Crippen molar-refractivity contribution in [1.82, 2.24) is 9.91 Å². The van der Waals surface area contributed by atoms with Gasteiger partial charge in [0.25, 0.3) is 11.7 Å². The molecule has 16 nitrogen and oxygen atoms in total. The van der Waals surface area contributed by atoms with E-state index in [1.165, 1.54) is 59.4 Å². The lowest BCUT2D eigenvalue weighted by molar-refractivity contribution is -0.160. The summed E-state index contributed by atoms with van der Waals surface area (Å²) in [7, 11) is 3.42. The molecule has 0 spiro atoms. The molecule has 4 aliphatic heterocycles. The van der Waals surface area contributed by atoms with Gasteiger partial charge in [-0.25, -0.2) is 0 Å². The number of hydrogen-bond donors (Lipinski definition) is 6. The number of likely N-dealkylation sites (N-methyl/N-ethyl adjacent to an activating group) is 1. The lowest BCUT2D eigenvalue weighted by Crippen LogP contribution is -2.46. The number of carbonyl (C=O) groups excluding carboxylic acids is 3. The standard InChI is InChI=1S/C43H58N4O12/c1-21-12-11-13-22(2)42(55)45-33-28(20-44-47-17-15-46(9)16-18-47)37(52)30-31(38(33)53)36(51)26(6)40-32(30)41(54)43(8,59-40)57-19-14-29(56-10)23(3)39(58-27(7)48)25(5)35(50)24(4)34(21)49/h11-14,19-21,23-25,29,34-35,39,49-53H,15-18H2,1-10H3,(H,45,55)/b12-11+,19-14+,22-13-,44-20-/t21-,23-,24+,25+,29-,34+,35+,39+,43-/m0/s1. The van der Waals surface area contributed by atoms with Gasteiger partial charge in [0.05, 0.1) is 53.0 Å². The average Bonchev–Trinajstić information content (AvgIpc) is 3.46. The van der Waals surface area contributed by atoms with E-state index in [9.17, 15) is 39.9 Å². The van der Waals surface area contributed by atoms with Crippen molar-refractivity contribution in [2.45, 2.75) is 85.6 Å². The zero-order valence-electron chi connectivity index (χ0n) is 35.3. The molecule has 0 radical (unpaired) electrons. The van der Waals surface area contributed by atoms with Gasteiger partial charge in [-0.05, 0) is 27.0 Å². The number of amides is 1. The van der Waals surface area contributed by atoms with E-state index in [1.807, 2.05) is 7.05 Å². The Bertz CT molecular complexity index is 2070. The summed E-state index contributed by atoms with van der Waals surface area (Å²) in [5, 5.41) is 66.8. The van der Waals surface area contributed by atoms with Crippen LogP contribution in [-0.4, -0.2) is 130 Å². The van der Waals surface area contributed by atoms with Crippen LogP contribution in [-0.2, 0) is 23.8 Å². The first-order valence-corrected chi connectivity index (χ1v) is 19.8. The monoisotopic (exact) mass is 822 g/mol. The number of carbonyl (C=O) groups is 3. The van der Waals surface area contributed by atoms with Gasteiger partial charge in [0.2, 0.25) is 0 Å². The fourth-order valence-corrected chi connectivity index (χ4v) is 7.92. The molecule has 0 aliphatic carbocycles. The number of aromatic hydroxyl groups is 3. The number of rotatable bonds is 4. The Hall–Kier alpha value is -5.16. The van der Waals surface area contributed by atoms with Gasteiger partial charge in [0.15, 0.2) is 5.75 Å². The number of hydrogen-bond acceptors (Lipinski definition) is 15. The molecule has 1 amide bonds. The number of ether oxygens (including phenoxy) is 4. The second-order valence-electron chi connectivity index (χ2n) is 16.1. The van der Waals surface area contributed by atoms with Crippen LogP contribution in [0.3, 0.4) is 0 Å². The van der Waals surface area contributed by atoms with Gasteiger partial charge in [-0.3, -0.25) is 19.4 Å². The fraction of sp³-hybridized carbons (Fsp3) is 0.535. The Kier molecular flexibility index (Phi) is 13.7. The number of piperazine rings is 1. The molecule has 6 N–H and O–H groups in total. The van der Waals surface area contributed by atoms with Crippen LogP contribution in [0.5, 0.6) is 23.0 Å². The number of aliphatic hydroxyl groups excluding tert-OH is 2. The second-order valence-corrected chi connectivity index (χ2v) is 16.1. The zero-order chi connectivity index (χ0) is 43.7. The number of phenolic OH excluding ortho intramolecular Hbond substituents is 3. The molecule has 59 heavy (non-hydrogen) atoms. The number of Topliss-reactive ketones (excluding diaryl/α,β-unsaturated/α-hetero) is 1. The number of nitrogens with zero attached hydrogens (tertiary/aromatic N) is 3. The Morgan fingerprint density at radius 3 is 2.24 bits per heavy atom. The van der Waals surface area contributed by atoms with Crippen LogP contribution in [0.1, 0.15) is 70.0 Å². The molecule has 9 atom stereocenters. The highest BCUT2D eigenvalue weighted by atomic mass is 16.7. The van der Waals surface area contributed by atoms with Crippen LogP contribution in [0.4, 0.5) is 5.69 Å². The van der Waals surface area contributed by atoms with Gasteiger partial charge in [-0.15, -0.1) is 0 Å². The van der Waals surface area contributed by atoms with Crippen molar-refractivity contribution in [3.63, 3.8) is 0 Å². The van der Waals surface area contributed by atoms with E-state index in [2.05, 4.69) is 15.3 Å². The first kappa shape index (κ1) is 44.9. The van der Waals surface area contributed by atoms with Crippen molar-refractivity contribution >= 4 is 40.3 Å².